The van der Waals surface area contributed by atoms with Crippen LogP contribution in [0, 0.1) is 30.4 Å². The van der Waals surface area contributed by atoms with Crippen LogP contribution in [0.4, 0.5) is 20.4 Å². The zero-order valence-corrected chi connectivity index (χ0v) is 20.4. The summed E-state index contributed by atoms with van der Waals surface area (Å²) in [6.45, 7) is 3.50. The molecular weight excluding hydrogens is 488 g/mol. The summed E-state index contributed by atoms with van der Waals surface area (Å²) in [6.07, 6.45) is 2.33. The molecule has 5 rings (SSSR count). The molecule has 0 spiro atoms. The number of nitrogens with zero attached hydrogens (tertiary/aromatic N) is 5. The minimum Gasteiger partial charge on any atom is -0.382 e. The Hall–Kier alpha value is -5.17. The van der Waals surface area contributed by atoms with Crippen LogP contribution < -0.4 is 16.6 Å². The lowest BCUT2D eigenvalue weighted by molar-refractivity contribution is 0.621. The Morgan fingerprint density at radius 1 is 1.00 bits per heavy atom. The standard InChI is InChI=1S/C28H21F2N7O/c1-16-8-13-22(30)24-23(16)28(38)37(20-6-4-3-5-7-20)27(36-24)17(2)35-26-21(25(31)33-15-34-26)12-11-19-10-9-18(29)14-32-19/h3-10,13-15,17H,1-2H3,(H3,31,33,34,35). The molecule has 0 bridgehead atoms. The highest BCUT2D eigenvalue weighted by Crippen LogP contribution is 2.25. The molecule has 188 valence electrons. The van der Waals surface area contributed by atoms with Gasteiger partial charge in [0.1, 0.15) is 52.2 Å². The zero-order chi connectivity index (χ0) is 26.8. The van der Waals surface area contributed by atoms with Crippen molar-refractivity contribution in [1.29, 1.82) is 0 Å². The number of rotatable bonds is 4. The van der Waals surface area contributed by atoms with Gasteiger partial charge < -0.3 is 11.1 Å². The van der Waals surface area contributed by atoms with Crippen LogP contribution in [0.15, 0.2) is 71.9 Å². The second kappa shape index (κ2) is 10.1. The molecule has 0 fully saturated rings. The van der Waals surface area contributed by atoms with Crippen molar-refractivity contribution in [2.45, 2.75) is 19.9 Å². The SMILES string of the molecule is Cc1ccc(F)c2nc(C(C)Nc3ncnc(N)c3C#Cc3ccc(F)cn3)n(-c3ccccc3)c(=O)c12. The van der Waals surface area contributed by atoms with Gasteiger partial charge in [0.05, 0.1) is 23.3 Å². The van der Waals surface area contributed by atoms with Crippen molar-refractivity contribution < 1.29 is 8.78 Å². The molecule has 0 aliphatic heterocycles. The monoisotopic (exact) mass is 509 g/mol. The van der Waals surface area contributed by atoms with E-state index in [4.69, 9.17) is 5.73 Å². The van der Waals surface area contributed by atoms with Gasteiger partial charge in [-0.3, -0.25) is 9.36 Å². The van der Waals surface area contributed by atoms with Crippen LogP contribution in [0.3, 0.4) is 0 Å². The van der Waals surface area contributed by atoms with E-state index in [1.54, 1.807) is 44.2 Å². The first kappa shape index (κ1) is 24.5. The Morgan fingerprint density at radius 3 is 2.53 bits per heavy atom. The van der Waals surface area contributed by atoms with Crippen LogP contribution >= 0.6 is 0 Å². The largest absolute Gasteiger partial charge is 0.382 e. The van der Waals surface area contributed by atoms with Crippen LogP contribution in [0.1, 0.15) is 35.6 Å². The molecule has 1 unspecified atom stereocenters. The molecule has 0 aliphatic carbocycles. The number of para-hydroxylation sites is 1. The maximum absolute atomic E-state index is 14.8. The number of nitrogen functional groups attached to an aromatic ring is 1. The van der Waals surface area contributed by atoms with Crippen LogP contribution in [-0.4, -0.2) is 24.5 Å². The van der Waals surface area contributed by atoms with E-state index >= 15 is 0 Å². The summed E-state index contributed by atoms with van der Waals surface area (Å²) in [5.74, 6) is 5.27. The fourth-order valence-electron chi connectivity index (χ4n) is 4.02. The van der Waals surface area contributed by atoms with Crippen LogP contribution in [0.5, 0.6) is 0 Å². The minimum absolute atomic E-state index is 0.0181. The van der Waals surface area contributed by atoms with E-state index in [-0.39, 0.29) is 33.9 Å². The Kier molecular flexibility index (Phi) is 6.49. The van der Waals surface area contributed by atoms with Gasteiger partial charge in [0.15, 0.2) is 0 Å². The number of hydrogen-bond acceptors (Lipinski definition) is 7. The molecule has 0 radical (unpaired) electrons. The Morgan fingerprint density at radius 2 is 1.79 bits per heavy atom. The number of hydrogen-bond donors (Lipinski definition) is 2. The molecule has 3 aromatic heterocycles. The summed E-state index contributed by atoms with van der Waals surface area (Å²) in [7, 11) is 0. The molecule has 38 heavy (non-hydrogen) atoms. The summed E-state index contributed by atoms with van der Waals surface area (Å²) >= 11 is 0. The number of nitrogens with one attached hydrogen (secondary N) is 1. The number of pyridine rings is 1. The van der Waals surface area contributed by atoms with Crippen molar-refractivity contribution >= 4 is 22.5 Å². The Labute approximate surface area is 216 Å². The number of anilines is 2. The Bertz CT molecular complexity index is 1780. The average Bonchev–Trinajstić information content (AvgIpc) is 2.91. The van der Waals surface area contributed by atoms with Crippen LogP contribution in [0.2, 0.25) is 0 Å². The molecule has 0 aliphatic rings. The number of nitrogens with two attached hydrogens (primary N) is 1. The van der Waals surface area contributed by atoms with Gasteiger partial charge in [0.25, 0.3) is 5.56 Å². The number of fused-ring (bicyclic) bond motifs is 1. The smallest absolute Gasteiger partial charge is 0.266 e. The third kappa shape index (κ3) is 4.65. The van der Waals surface area contributed by atoms with Gasteiger partial charge in [-0.25, -0.2) is 28.7 Å². The van der Waals surface area contributed by atoms with Crippen molar-refractivity contribution in [3.63, 3.8) is 0 Å². The first-order valence-corrected chi connectivity index (χ1v) is 11.6. The summed E-state index contributed by atoms with van der Waals surface area (Å²) in [5, 5.41) is 3.39. The van der Waals surface area contributed by atoms with Gasteiger partial charge in [-0.05, 0) is 55.7 Å². The van der Waals surface area contributed by atoms with Crippen molar-refractivity contribution in [3.8, 4) is 17.5 Å². The predicted octanol–water partition coefficient (Wildman–Crippen LogP) is 4.31. The maximum Gasteiger partial charge on any atom is 0.266 e. The number of halogens is 2. The summed E-state index contributed by atoms with van der Waals surface area (Å²) in [5.41, 5.74) is 7.47. The molecule has 8 nitrogen and oxygen atoms in total. The zero-order valence-electron chi connectivity index (χ0n) is 20.4. The van der Waals surface area contributed by atoms with E-state index in [1.165, 1.54) is 29.1 Å². The van der Waals surface area contributed by atoms with Gasteiger partial charge >= 0.3 is 0 Å². The summed E-state index contributed by atoms with van der Waals surface area (Å²) < 4.78 is 29.5. The lowest BCUT2D eigenvalue weighted by Gasteiger charge is -2.21. The van der Waals surface area contributed by atoms with E-state index in [2.05, 4.69) is 37.1 Å². The molecule has 2 aromatic carbocycles. The molecule has 0 amide bonds. The minimum atomic E-state index is -0.647. The number of aryl methyl sites for hydroxylation is 1. The second-order valence-corrected chi connectivity index (χ2v) is 8.49. The molecule has 0 saturated carbocycles. The van der Waals surface area contributed by atoms with Crippen LogP contribution in [0.25, 0.3) is 16.6 Å². The van der Waals surface area contributed by atoms with E-state index in [9.17, 15) is 13.6 Å². The third-order valence-corrected chi connectivity index (χ3v) is 5.88. The number of aromatic nitrogens is 5. The van der Waals surface area contributed by atoms with Gasteiger partial charge in [0, 0.05) is 0 Å². The predicted molar refractivity (Wildman–Crippen MR) is 141 cm³/mol. The first-order valence-electron chi connectivity index (χ1n) is 11.6. The van der Waals surface area contributed by atoms with E-state index in [0.29, 0.717) is 16.9 Å². The highest BCUT2D eigenvalue weighted by molar-refractivity contribution is 5.82. The average molecular weight is 510 g/mol. The normalized spacial score (nSPS) is 11.6. The Balaban J connectivity index is 1.63. The van der Waals surface area contributed by atoms with Gasteiger partial charge in [0.2, 0.25) is 0 Å². The fourth-order valence-corrected chi connectivity index (χ4v) is 4.02. The maximum atomic E-state index is 14.8. The molecule has 10 heteroatoms. The van der Waals surface area contributed by atoms with Crippen molar-refractivity contribution in [2.75, 3.05) is 11.1 Å². The van der Waals surface area contributed by atoms with Crippen molar-refractivity contribution in [3.05, 3.63) is 112 Å². The highest BCUT2D eigenvalue weighted by atomic mass is 19.1. The fraction of sp³-hybridized carbons (Fsp3) is 0.107. The molecular formula is C28H21F2N7O. The first-order chi connectivity index (χ1) is 18.3. The number of benzene rings is 2. The van der Waals surface area contributed by atoms with Gasteiger partial charge in [-0.1, -0.05) is 30.2 Å². The molecule has 3 heterocycles. The summed E-state index contributed by atoms with van der Waals surface area (Å²) in [4.78, 5) is 30.5. The van der Waals surface area contributed by atoms with Crippen molar-refractivity contribution in [2.24, 2.45) is 0 Å². The summed E-state index contributed by atoms with van der Waals surface area (Å²) in [6, 6.07) is 13.9. The van der Waals surface area contributed by atoms with Crippen LogP contribution in [-0.2, 0) is 0 Å². The molecule has 0 saturated heterocycles. The molecule has 3 N–H and O–H groups in total. The van der Waals surface area contributed by atoms with Crippen molar-refractivity contribution in [1.82, 2.24) is 24.5 Å². The van der Waals surface area contributed by atoms with Gasteiger partial charge in [-0.2, -0.15) is 0 Å². The van der Waals surface area contributed by atoms with E-state index < -0.39 is 23.2 Å². The molecule has 5 aromatic rings. The second-order valence-electron chi connectivity index (χ2n) is 8.49. The quantitative estimate of drug-likeness (QED) is 0.347. The third-order valence-electron chi connectivity index (χ3n) is 5.88. The lowest BCUT2D eigenvalue weighted by atomic mass is 10.1. The van der Waals surface area contributed by atoms with E-state index in [1.807, 2.05) is 6.07 Å². The highest BCUT2D eigenvalue weighted by Gasteiger charge is 2.22. The van der Waals surface area contributed by atoms with Gasteiger partial charge in [-0.15, -0.1) is 0 Å². The molecule has 1 atom stereocenters. The van der Waals surface area contributed by atoms with E-state index in [0.717, 1.165) is 6.20 Å². The lowest BCUT2D eigenvalue weighted by Crippen LogP contribution is -2.28. The topological polar surface area (TPSA) is 112 Å².